The van der Waals surface area contributed by atoms with Gasteiger partial charge < -0.3 is 5.32 Å². The predicted molar refractivity (Wildman–Crippen MR) is 84.6 cm³/mol. The number of rotatable bonds is 2. The zero-order valence-electron chi connectivity index (χ0n) is 11.3. The molecule has 2 heterocycles. The van der Waals surface area contributed by atoms with Crippen molar-refractivity contribution in [3.8, 4) is 0 Å². The molecule has 118 valence electrons. The Labute approximate surface area is 138 Å². The van der Waals surface area contributed by atoms with Crippen molar-refractivity contribution in [2.45, 2.75) is 23.8 Å². The zero-order chi connectivity index (χ0) is 14.3. The third-order valence-corrected chi connectivity index (χ3v) is 6.97. The van der Waals surface area contributed by atoms with Gasteiger partial charge in [0.1, 0.15) is 5.82 Å². The number of nitrogens with one attached hydrogen (secondary N) is 1. The van der Waals surface area contributed by atoms with E-state index in [2.05, 4.69) is 21.2 Å². The van der Waals surface area contributed by atoms with Crippen LogP contribution in [0.1, 0.15) is 12.8 Å². The zero-order valence-corrected chi connectivity index (χ0v) is 14.5. The number of fused-ring (bicyclic) bond motifs is 1. The fraction of sp³-hybridized carbons (Fsp3) is 0.538. The van der Waals surface area contributed by atoms with Crippen LogP contribution in [-0.2, 0) is 10.0 Å². The van der Waals surface area contributed by atoms with Gasteiger partial charge in [0.15, 0.2) is 0 Å². The summed E-state index contributed by atoms with van der Waals surface area (Å²) in [6.45, 7) is 2.02. The van der Waals surface area contributed by atoms with Crippen LogP contribution in [0.15, 0.2) is 27.6 Å². The number of benzene rings is 1. The van der Waals surface area contributed by atoms with E-state index in [0.717, 1.165) is 19.4 Å². The van der Waals surface area contributed by atoms with Crippen molar-refractivity contribution in [2.75, 3.05) is 19.6 Å². The highest BCUT2D eigenvalue weighted by Gasteiger charge is 2.38. The molecule has 2 unspecified atom stereocenters. The number of nitrogens with zero attached hydrogens (tertiary/aromatic N) is 1. The van der Waals surface area contributed by atoms with E-state index in [0.29, 0.717) is 25.0 Å². The van der Waals surface area contributed by atoms with E-state index in [4.69, 9.17) is 0 Å². The SMILES string of the molecule is Cl.O=S(=O)(c1ccc(F)cc1Br)N1CCC2NCCC2C1. The van der Waals surface area contributed by atoms with Gasteiger partial charge in [-0.05, 0) is 59.4 Å². The summed E-state index contributed by atoms with van der Waals surface area (Å²) in [5.41, 5.74) is 0. The van der Waals surface area contributed by atoms with E-state index in [1.165, 1.54) is 22.5 Å². The van der Waals surface area contributed by atoms with Crippen molar-refractivity contribution in [2.24, 2.45) is 5.92 Å². The molecule has 0 aromatic heterocycles. The van der Waals surface area contributed by atoms with Crippen LogP contribution in [0.3, 0.4) is 0 Å². The molecule has 2 fully saturated rings. The van der Waals surface area contributed by atoms with Crippen LogP contribution in [0.5, 0.6) is 0 Å². The van der Waals surface area contributed by atoms with Gasteiger partial charge in [-0.25, -0.2) is 12.8 Å². The van der Waals surface area contributed by atoms with E-state index in [1.807, 2.05) is 0 Å². The minimum Gasteiger partial charge on any atom is -0.314 e. The van der Waals surface area contributed by atoms with Crippen molar-refractivity contribution in [1.29, 1.82) is 0 Å². The number of sulfonamides is 1. The molecule has 2 aliphatic rings. The van der Waals surface area contributed by atoms with Crippen LogP contribution in [0, 0.1) is 11.7 Å². The minimum absolute atomic E-state index is 0. The summed E-state index contributed by atoms with van der Waals surface area (Å²) in [5.74, 6) is -0.0627. The highest BCUT2D eigenvalue weighted by Crippen LogP contribution is 2.31. The van der Waals surface area contributed by atoms with Crippen LogP contribution >= 0.6 is 28.3 Å². The number of piperidine rings is 1. The Morgan fingerprint density at radius 1 is 1.33 bits per heavy atom. The Hall–Kier alpha value is -0.210. The molecule has 0 aliphatic carbocycles. The van der Waals surface area contributed by atoms with Crippen LogP contribution < -0.4 is 5.32 Å². The molecule has 3 rings (SSSR count). The fourth-order valence-corrected chi connectivity index (χ4v) is 5.58. The standard InChI is InChI=1S/C13H16BrFN2O2S.ClH/c14-11-7-10(15)1-2-13(11)20(18,19)17-6-4-12-9(8-17)3-5-16-12;/h1-2,7,9,12,16H,3-6,8H2;1H. The van der Waals surface area contributed by atoms with Crippen LogP contribution in [0.25, 0.3) is 0 Å². The normalized spacial score (nSPS) is 26.2. The van der Waals surface area contributed by atoms with Gasteiger partial charge in [-0.1, -0.05) is 0 Å². The quantitative estimate of drug-likeness (QED) is 0.831. The molecule has 1 aromatic carbocycles. The molecule has 0 saturated carbocycles. The molecule has 1 N–H and O–H groups in total. The van der Waals surface area contributed by atoms with Gasteiger partial charge in [0.2, 0.25) is 10.0 Å². The van der Waals surface area contributed by atoms with Crippen LogP contribution in [-0.4, -0.2) is 38.4 Å². The first-order valence-electron chi connectivity index (χ1n) is 6.67. The van der Waals surface area contributed by atoms with Crippen molar-refractivity contribution >= 4 is 38.4 Å². The molecule has 0 spiro atoms. The van der Waals surface area contributed by atoms with Gasteiger partial charge in [0.05, 0.1) is 4.90 Å². The largest absolute Gasteiger partial charge is 0.314 e. The minimum atomic E-state index is -3.56. The molecule has 0 radical (unpaired) electrons. The molecular formula is C13H17BrClFN2O2S. The lowest BCUT2D eigenvalue weighted by Gasteiger charge is -2.34. The summed E-state index contributed by atoms with van der Waals surface area (Å²) < 4.78 is 40.2. The Kier molecular flexibility index (Phi) is 5.31. The van der Waals surface area contributed by atoms with E-state index in [-0.39, 0.29) is 21.8 Å². The molecule has 1 aromatic rings. The average molecular weight is 400 g/mol. The molecular weight excluding hydrogens is 383 g/mol. The molecule has 8 heteroatoms. The Bertz CT molecular complexity index is 629. The number of hydrogen-bond acceptors (Lipinski definition) is 3. The van der Waals surface area contributed by atoms with Gasteiger partial charge in [-0.3, -0.25) is 0 Å². The Morgan fingerprint density at radius 2 is 2.10 bits per heavy atom. The second-order valence-electron chi connectivity index (χ2n) is 5.34. The maximum Gasteiger partial charge on any atom is 0.244 e. The van der Waals surface area contributed by atoms with Crippen molar-refractivity contribution in [3.05, 3.63) is 28.5 Å². The highest BCUT2D eigenvalue weighted by molar-refractivity contribution is 9.10. The van der Waals surface area contributed by atoms with E-state index >= 15 is 0 Å². The summed E-state index contributed by atoms with van der Waals surface area (Å²) >= 11 is 3.15. The van der Waals surface area contributed by atoms with E-state index in [1.54, 1.807) is 0 Å². The average Bonchev–Trinajstić information content (AvgIpc) is 2.85. The summed E-state index contributed by atoms with van der Waals surface area (Å²) in [6.07, 6.45) is 1.85. The maximum atomic E-state index is 13.1. The lowest BCUT2D eigenvalue weighted by Crippen LogP contribution is -2.46. The van der Waals surface area contributed by atoms with Gasteiger partial charge in [0, 0.05) is 23.6 Å². The number of hydrogen-bond donors (Lipinski definition) is 1. The summed E-state index contributed by atoms with van der Waals surface area (Å²) in [6, 6.07) is 4.14. The first-order valence-corrected chi connectivity index (χ1v) is 8.90. The van der Waals surface area contributed by atoms with Gasteiger partial charge >= 0.3 is 0 Å². The Balaban J connectivity index is 0.00000161. The fourth-order valence-electron chi connectivity index (χ4n) is 3.06. The molecule has 2 atom stereocenters. The lowest BCUT2D eigenvalue weighted by molar-refractivity contribution is 0.247. The van der Waals surface area contributed by atoms with E-state index < -0.39 is 15.8 Å². The number of halogens is 3. The first-order chi connectivity index (χ1) is 9.48. The molecule has 2 aliphatic heterocycles. The van der Waals surface area contributed by atoms with Crippen molar-refractivity contribution < 1.29 is 12.8 Å². The molecule has 2 saturated heterocycles. The smallest absolute Gasteiger partial charge is 0.244 e. The predicted octanol–water partition coefficient (Wildman–Crippen LogP) is 2.38. The second-order valence-corrected chi connectivity index (χ2v) is 8.10. The van der Waals surface area contributed by atoms with Crippen LogP contribution in [0.4, 0.5) is 4.39 Å². The second kappa shape index (κ2) is 6.50. The third-order valence-electron chi connectivity index (χ3n) is 4.13. The summed E-state index contributed by atoms with van der Waals surface area (Å²) in [7, 11) is -3.56. The molecule has 0 bridgehead atoms. The van der Waals surface area contributed by atoms with Crippen molar-refractivity contribution in [1.82, 2.24) is 9.62 Å². The van der Waals surface area contributed by atoms with Crippen molar-refractivity contribution in [3.63, 3.8) is 0 Å². The van der Waals surface area contributed by atoms with Crippen LogP contribution in [0.2, 0.25) is 0 Å². The molecule has 21 heavy (non-hydrogen) atoms. The monoisotopic (exact) mass is 398 g/mol. The summed E-state index contributed by atoms with van der Waals surface area (Å²) in [5, 5.41) is 3.41. The van der Waals surface area contributed by atoms with Gasteiger partial charge in [0.25, 0.3) is 0 Å². The van der Waals surface area contributed by atoms with E-state index in [9.17, 15) is 12.8 Å². The molecule has 0 amide bonds. The van der Waals surface area contributed by atoms with Gasteiger partial charge in [-0.15, -0.1) is 12.4 Å². The molecule has 4 nitrogen and oxygen atoms in total. The Morgan fingerprint density at radius 3 is 2.81 bits per heavy atom. The lowest BCUT2D eigenvalue weighted by atomic mass is 9.95. The summed E-state index contributed by atoms with van der Waals surface area (Å²) in [4.78, 5) is 0.142. The highest BCUT2D eigenvalue weighted by atomic mass is 79.9. The van der Waals surface area contributed by atoms with Gasteiger partial charge in [-0.2, -0.15) is 4.31 Å². The third kappa shape index (κ3) is 3.27. The first kappa shape index (κ1) is 17.1. The maximum absolute atomic E-state index is 13.1. The topological polar surface area (TPSA) is 49.4 Å².